The number of aliphatic hydroxyl groups excluding tert-OH is 1. The van der Waals surface area contributed by atoms with Crippen molar-refractivity contribution in [3.8, 4) is 0 Å². The van der Waals surface area contributed by atoms with E-state index in [0.717, 1.165) is 0 Å². The molecule has 0 fully saturated rings. The molecule has 0 amide bonds. The summed E-state index contributed by atoms with van der Waals surface area (Å²) >= 11 is 3.51. The summed E-state index contributed by atoms with van der Waals surface area (Å²) in [7, 11) is 0. The molecule has 0 rings (SSSR count). The summed E-state index contributed by atoms with van der Waals surface area (Å²) in [5, 5.41) is 8.16. The largest absolute Gasteiger partial charge is 0.503 e. The number of allylic oxidation sites excluding steroid dienone is 1. The SMILES string of the molecule is CC=C(O)S. The average molecular weight is 90.1 g/mol. The van der Waals surface area contributed by atoms with Gasteiger partial charge in [0.2, 0.25) is 0 Å². The van der Waals surface area contributed by atoms with Gasteiger partial charge in [-0.05, 0) is 13.0 Å². The Morgan fingerprint density at radius 2 is 2.20 bits per heavy atom. The standard InChI is InChI=1S/C3H6OS/c1-2-3(4)5/h2,4-5H,1H3. The third-order valence-corrected chi connectivity index (χ3v) is 0.516. The van der Waals surface area contributed by atoms with Gasteiger partial charge in [0.05, 0.1) is 0 Å². The Morgan fingerprint density at radius 1 is 2.00 bits per heavy atom. The predicted molar refractivity (Wildman–Crippen MR) is 25.4 cm³/mol. The quantitative estimate of drug-likeness (QED) is 0.339. The van der Waals surface area contributed by atoms with Gasteiger partial charge in [0.25, 0.3) is 0 Å². The van der Waals surface area contributed by atoms with Crippen molar-refractivity contribution < 1.29 is 5.11 Å². The minimum absolute atomic E-state index is 0.0741. The zero-order chi connectivity index (χ0) is 4.28. The van der Waals surface area contributed by atoms with Crippen molar-refractivity contribution in [2.24, 2.45) is 0 Å². The van der Waals surface area contributed by atoms with E-state index >= 15 is 0 Å². The zero-order valence-corrected chi connectivity index (χ0v) is 3.87. The molecule has 0 radical (unpaired) electrons. The fraction of sp³-hybridized carbons (Fsp3) is 0.333. The van der Waals surface area contributed by atoms with Gasteiger partial charge in [-0.3, -0.25) is 0 Å². The van der Waals surface area contributed by atoms with Gasteiger partial charge in [-0.1, -0.05) is 0 Å². The van der Waals surface area contributed by atoms with E-state index < -0.39 is 0 Å². The van der Waals surface area contributed by atoms with E-state index in [1.54, 1.807) is 6.92 Å². The van der Waals surface area contributed by atoms with Gasteiger partial charge < -0.3 is 5.11 Å². The van der Waals surface area contributed by atoms with Crippen LogP contribution in [0.3, 0.4) is 0 Å². The van der Waals surface area contributed by atoms with Crippen molar-refractivity contribution in [1.29, 1.82) is 0 Å². The van der Waals surface area contributed by atoms with Gasteiger partial charge in [0.1, 0.15) is 5.09 Å². The number of hydrogen-bond acceptors (Lipinski definition) is 2. The number of hydrogen-bond donors (Lipinski definition) is 2. The van der Waals surface area contributed by atoms with Crippen molar-refractivity contribution in [1.82, 2.24) is 0 Å². The first kappa shape index (κ1) is 4.89. The second kappa shape index (κ2) is 2.15. The molecule has 0 saturated carbocycles. The Kier molecular flexibility index (Phi) is 2.10. The summed E-state index contributed by atoms with van der Waals surface area (Å²) in [5.74, 6) is 0. The van der Waals surface area contributed by atoms with E-state index in [2.05, 4.69) is 12.6 Å². The predicted octanol–water partition coefficient (Wildman–Crippen LogP) is 1.34. The van der Waals surface area contributed by atoms with Gasteiger partial charge >= 0.3 is 0 Å². The summed E-state index contributed by atoms with van der Waals surface area (Å²) in [5.41, 5.74) is 0. The molecule has 0 unspecified atom stereocenters. The van der Waals surface area contributed by atoms with E-state index in [1.165, 1.54) is 6.08 Å². The molecule has 5 heavy (non-hydrogen) atoms. The third kappa shape index (κ3) is 3.89. The fourth-order valence-corrected chi connectivity index (χ4v) is 0. The molecule has 0 bridgehead atoms. The second-order valence-electron chi connectivity index (χ2n) is 0.647. The summed E-state index contributed by atoms with van der Waals surface area (Å²) in [6.07, 6.45) is 1.50. The first-order valence-corrected chi connectivity index (χ1v) is 1.76. The van der Waals surface area contributed by atoms with Crippen molar-refractivity contribution in [3.05, 3.63) is 11.2 Å². The monoisotopic (exact) mass is 90.0 g/mol. The van der Waals surface area contributed by atoms with Crippen LogP contribution in [0.4, 0.5) is 0 Å². The highest BCUT2D eigenvalue weighted by Crippen LogP contribution is 1.87. The van der Waals surface area contributed by atoms with Crippen molar-refractivity contribution in [2.75, 3.05) is 0 Å². The van der Waals surface area contributed by atoms with Gasteiger partial charge in [0.15, 0.2) is 0 Å². The van der Waals surface area contributed by atoms with Crippen LogP contribution in [0.15, 0.2) is 11.2 Å². The van der Waals surface area contributed by atoms with Gasteiger partial charge in [-0.15, -0.1) is 12.6 Å². The van der Waals surface area contributed by atoms with Crippen LogP contribution < -0.4 is 0 Å². The van der Waals surface area contributed by atoms with Gasteiger partial charge in [0, 0.05) is 0 Å². The van der Waals surface area contributed by atoms with Crippen LogP contribution in [0.25, 0.3) is 0 Å². The lowest BCUT2D eigenvalue weighted by molar-refractivity contribution is 0.457. The molecule has 0 aromatic carbocycles. The highest BCUT2D eigenvalue weighted by molar-refractivity contribution is 7.84. The summed E-state index contributed by atoms with van der Waals surface area (Å²) in [6, 6.07) is 0. The van der Waals surface area contributed by atoms with Crippen LogP contribution in [-0.4, -0.2) is 5.11 Å². The maximum absolute atomic E-state index is 8.09. The third-order valence-electron chi connectivity index (χ3n) is 0.258. The second-order valence-corrected chi connectivity index (χ2v) is 1.11. The smallest absolute Gasteiger partial charge is 0.142 e. The van der Waals surface area contributed by atoms with Crippen LogP contribution >= 0.6 is 12.6 Å². The molecule has 0 aliphatic carbocycles. The van der Waals surface area contributed by atoms with Crippen LogP contribution in [0.5, 0.6) is 0 Å². The van der Waals surface area contributed by atoms with E-state index in [4.69, 9.17) is 5.11 Å². The molecule has 0 saturated heterocycles. The molecular formula is C3H6OS. The lowest BCUT2D eigenvalue weighted by Gasteiger charge is -1.73. The average Bonchev–Trinajstić information content (AvgIpc) is 1.38. The van der Waals surface area contributed by atoms with Crippen LogP contribution in [0.1, 0.15) is 6.92 Å². The van der Waals surface area contributed by atoms with E-state index in [0.29, 0.717) is 0 Å². The van der Waals surface area contributed by atoms with Crippen LogP contribution in [0, 0.1) is 0 Å². The molecule has 0 aliphatic heterocycles. The molecule has 0 spiro atoms. The lowest BCUT2D eigenvalue weighted by Crippen LogP contribution is -1.55. The van der Waals surface area contributed by atoms with E-state index in [1.807, 2.05) is 0 Å². The molecule has 2 heteroatoms. The summed E-state index contributed by atoms with van der Waals surface area (Å²) < 4.78 is 0. The fourth-order valence-electron chi connectivity index (χ4n) is 0. The maximum atomic E-state index is 8.09. The molecule has 30 valence electrons. The Bertz CT molecular complexity index is 44.9. The Hall–Kier alpha value is -0.110. The molecule has 0 aromatic heterocycles. The summed E-state index contributed by atoms with van der Waals surface area (Å²) in [4.78, 5) is 0. The molecule has 1 nitrogen and oxygen atoms in total. The molecule has 0 aliphatic rings. The molecule has 1 N–H and O–H groups in total. The van der Waals surface area contributed by atoms with Crippen LogP contribution in [0.2, 0.25) is 0 Å². The Labute approximate surface area is 36.7 Å². The van der Waals surface area contributed by atoms with Crippen molar-refractivity contribution >= 4 is 12.6 Å². The molecule has 0 aromatic rings. The minimum atomic E-state index is 0.0741. The Morgan fingerprint density at radius 3 is 2.20 bits per heavy atom. The molecule has 0 atom stereocenters. The highest BCUT2D eigenvalue weighted by atomic mass is 32.1. The number of thiol groups is 1. The summed E-state index contributed by atoms with van der Waals surface area (Å²) in [6.45, 7) is 1.71. The van der Waals surface area contributed by atoms with E-state index in [9.17, 15) is 0 Å². The molecule has 0 heterocycles. The highest BCUT2D eigenvalue weighted by Gasteiger charge is 1.64. The van der Waals surface area contributed by atoms with Gasteiger partial charge in [-0.2, -0.15) is 0 Å². The lowest BCUT2D eigenvalue weighted by atomic mass is 10.7. The zero-order valence-electron chi connectivity index (χ0n) is 2.97. The van der Waals surface area contributed by atoms with Crippen LogP contribution in [-0.2, 0) is 0 Å². The first-order valence-electron chi connectivity index (χ1n) is 1.31. The molecular weight excluding hydrogens is 84.1 g/mol. The van der Waals surface area contributed by atoms with Gasteiger partial charge in [-0.25, -0.2) is 0 Å². The minimum Gasteiger partial charge on any atom is -0.503 e. The number of rotatable bonds is 0. The Balaban J connectivity index is 3.14. The maximum Gasteiger partial charge on any atom is 0.142 e. The normalized spacial score (nSPS) is 12.0. The first-order chi connectivity index (χ1) is 2.27. The van der Waals surface area contributed by atoms with Crippen molar-refractivity contribution in [2.45, 2.75) is 6.92 Å². The van der Waals surface area contributed by atoms with Crippen molar-refractivity contribution in [3.63, 3.8) is 0 Å². The number of aliphatic hydroxyl groups is 1. The van der Waals surface area contributed by atoms with E-state index in [-0.39, 0.29) is 5.09 Å². The topological polar surface area (TPSA) is 20.2 Å².